The maximum absolute atomic E-state index is 11.4. The smallest absolute Gasteiger partial charge is 0.211 e. The summed E-state index contributed by atoms with van der Waals surface area (Å²) in [4.78, 5) is 21.7. The Bertz CT molecular complexity index is 582. The number of aromatic nitrogens is 1. The van der Waals surface area contributed by atoms with Crippen molar-refractivity contribution in [3.05, 3.63) is 42.2 Å². The highest BCUT2D eigenvalue weighted by Gasteiger charge is 2.08. The predicted molar refractivity (Wildman–Crippen MR) is 70.5 cm³/mol. The number of nitrogens with one attached hydrogen (secondary N) is 1. The number of carbonyl (C=O) groups excluding carboxylic acids is 2. The molecule has 0 spiro atoms. The number of amides is 1. The predicted octanol–water partition coefficient (Wildman–Crippen LogP) is 2.46. The van der Waals surface area contributed by atoms with Crippen LogP contribution in [0, 0.1) is 0 Å². The zero-order chi connectivity index (χ0) is 13.1. The summed E-state index contributed by atoms with van der Waals surface area (Å²) in [6.07, 6.45) is 2.56. The molecule has 0 aliphatic rings. The standard InChI is InChI=1S/C14H14N2O2/c1-10(18)14-7-12(8-16(14)2)11-3-5-13(6-4-11)15-9-17/h3-9H,1-2H3,(H,15,17). The van der Waals surface area contributed by atoms with Gasteiger partial charge in [-0.2, -0.15) is 0 Å². The maximum atomic E-state index is 11.4. The van der Waals surface area contributed by atoms with E-state index in [0.717, 1.165) is 16.8 Å². The van der Waals surface area contributed by atoms with E-state index in [0.29, 0.717) is 12.1 Å². The minimum absolute atomic E-state index is 0.0444. The quantitative estimate of drug-likeness (QED) is 0.661. The lowest BCUT2D eigenvalue weighted by Gasteiger charge is -2.00. The first-order chi connectivity index (χ1) is 8.61. The lowest BCUT2D eigenvalue weighted by Crippen LogP contribution is -1.99. The number of rotatable bonds is 4. The number of benzene rings is 1. The molecule has 0 saturated carbocycles. The molecule has 0 aliphatic carbocycles. The second-order valence-corrected chi connectivity index (χ2v) is 4.12. The topological polar surface area (TPSA) is 51.1 Å². The van der Waals surface area contributed by atoms with Gasteiger partial charge >= 0.3 is 0 Å². The molecule has 0 atom stereocenters. The Kier molecular flexibility index (Phi) is 3.28. The maximum Gasteiger partial charge on any atom is 0.211 e. The van der Waals surface area contributed by atoms with Crippen molar-refractivity contribution < 1.29 is 9.59 Å². The molecule has 0 bridgehead atoms. The first-order valence-corrected chi connectivity index (χ1v) is 5.59. The van der Waals surface area contributed by atoms with Crippen LogP contribution in [0.3, 0.4) is 0 Å². The summed E-state index contributed by atoms with van der Waals surface area (Å²) >= 11 is 0. The minimum Gasteiger partial charge on any atom is -0.348 e. The fraction of sp³-hybridized carbons (Fsp3) is 0.143. The average Bonchev–Trinajstić information content (AvgIpc) is 2.73. The molecular formula is C14H14N2O2. The van der Waals surface area contributed by atoms with Gasteiger partial charge in [-0.15, -0.1) is 0 Å². The van der Waals surface area contributed by atoms with Gasteiger partial charge in [-0.25, -0.2) is 0 Å². The summed E-state index contributed by atoms with van der Waals surface area (Å²) in [6, 6.07) is 9.33. The van der Waals surface area contributed by atoms with E-state index in [1.54, 1.807) is 6.92 Å². The van der Waals surface area contributed by atoms with Crippen LogP contribution in [-0.4, -0.2) is 16.8 Å². The van der Waals surface area contributed by atoms with Crippen LogP contribution < -0.4 is 5.32 Å². The minimum atomic E-state index is 0.0444. The molecule has 1 heterocycles. The number of Topliss-reactive ketones (excluding diaryl/α,β-unsaturated/α-hetero) is 1. The number of hydrogen-bond donors (Lipinski definition) is 1. The Balaban J connectivity index is 2.33. The van der Waals surface area contributed by atoms with Crippen LogP contribution in [0.15, 0.2) is 36.5 Å². The van der Waals surface area contributed by atoms with Crippen LogP contribution in [0.25, 0.3) is 11.1 Å². The second kappa shape index (κ2) is 4.87. The largest absolute Gasteiger partial charge is 0.348 e. The average molecular weight is 242 g/mol. The number of nitrogens with zero attached hydrogens (tertiary/aromatic N) is 1. The Morgan fingerprint density at radius 2 is 1.89 bits per heavy atom. The first kappa shape index (κ1) is 12.1. The molecule has 0 fully saturated rings. The van der Waals surface area contributed by atoms with Gasteiger partial charge in [-0.05, 0) is 23.8 Å². The lowest BCUT2D eigenvalue weighted by molar-refractivity contribution is -0.105. The Hall–Kier alpha value is -2.36. The monoisotopic (exact) mass is 242 g/mol. The van der Waals surface area contributed by atoms with Gasteiger partial charge in [0.05, 0.1) is 5.69 Å². The molecule has 0 radical (unpaired) electrons. The fourth-order valence-corrected chi connectivity index (χ4v) is 1.90. The van der Waals surface area contributed by atoms with E-state index in [9.17, 15) is 9.59 Å². The van der Waals surface area contributed by atoms with Crippen molar-refractivity contribution in [2.75, 3.05) is 5.32 Å². The summed E-state index contributed by atoms with van der Waals surface area (Å²) in [5, 5.41) is 2.58. The SMILES string of the molecule is CC(=O)c1cc(-c2ccc(NC=O)cc2)cn1C. The van der Waals surface area contributed by atoms with Crippen molar-refractivity contribution in [2.24, 2.45) is 7.05 Å². The zero-order valence-electron chi connectivity index (χ0n) is 10.3. The van der Waals surface area contributed by atoms with E-state index in [1.165, 1.54) is 0 Å². The van der Waals surface area contributed by atoms with Gasteiger partial charge in [0.2, 0.25) is 6.41 Å². The highest BCUT2D eigenvalue weighted by atomic mass is 16.1. The van der Waals surface area contributed by atoms with Gasteiger partial charge in [0.25, 0.3) is 0 Å². The molecular weight excluding hydrogens is 228 g/mol. The number of hydrogen-bond acceptors (Lipinski definition) is 2. The molecule has 4 heteroatoms. The van der Waals surface area contributed by atoms with Gasteiger partial charge in [0, 0.05) is 31.4 Å². The fourth-order valence-electron chi connectivity index (χ4n) is 1.90. The van der Waals surface area contributed by atoms with Crippen molar-refractivity contribution in [2.45, 2.75) is 6.92 Å². The number of carbonyl (C=O) groups is 2. The van der Waals surface area contributed by atoms with Crippen LogP contribution in [0.1, 0.15) is 17.4 Å². The third-order valence-corrected chi connectivity index (χ3v) is 2.81. The molecule has 1 amide bonds. The molecule has 0 aliphatic heterocycles. The molecule has 1 N–H and O–H groups in total. The Labute approximate surface area is 105 Å². The van der Waals surface area contributed by atoms with Crippen LogP contribution >= 0.6 is 0 Å². The summed E-state index contributed by atoms with van der Waals surface area (Å²) in [5.41, 5.74) is 3.42. The van der Waals surface area contributed by atoms with Crippen LogP contribution in [0.5, 0.6) is 0 Å². The summed E-state index contributed by atoms with van der Waals surface area (Å²) in [7, 11) is 1.85. The number of ketones is 1. The van der Waals surface area contributed by atoms with E-state index in [4.69, 9.17) is 0 Å². The highest BCUT2D eigenvalue weighted by Crippen LogP contribution is 2.23. The normalized spacial score (nSPS) is 10.1. The van der Waals surface area contributed by atoms with Crippen molar-refractivity contribution in [1.29, 1.82) is 0 Å². The van der Waals surface area contributed by atoms with Crippen LogP contribution in [-0.2, 0) is 11.8 Å². The molecule has 1 aromatic heterocycles. The third kappa shape index (κ3) is 2.32. The van der Waals surface area contributed by atoms with E-state index in [1.807, 2.05) is 48.1 Å². The molecule has 18 heavy (non-hydrogen) atoms. The lowest BCUT2D eigenvalue weighted by atomic mass is 10.1. The molecule has 2 aromatic rings. The second-order valence-electron chi connectivity index (χ2n) is 4.12. The van der Waals surface area contributed by atoms with Crippen molar-refractivity contribution >= 4 is 17.9 Å². The van der Waals surface area contributed by atoms with Gasteiger partial charge in [0.1, 0.15) is 0 Å². The van der Waals surface area contributed by atoms with Crippen LogP contribution in [0.2, 0.25) is 0 Å². The summed E-state index contributed by atoms with van der Waals surface area (Å²) in [5.74, 6) is 0.0444. The van der Waals surface area contributed by atoms with Crippen molar-refractivity contribution in [3.8, 4) is 11.1 Å². The Morgan fingerprint density at radius 3 is 2.39 bits per heavy atom. The molecule has 0 unspecified atom stereocenters. The molecule has 1 aromatic carbocycles. The van der Waals surface area contributed by atoms with E-state index >= 15 is 0 Å². The Morgan fingerprint density at radius 1 is 1.22 bits per heavy atom. The third-order valence-electron chi connectivity index (χ3n) is 2.81. The van der Waals surface area contributed by atoms with Crippen molar-refractivity contribution in [1.82, 2.24) is 4.57 Å². The summed E-state index contributed by atoms with van der Waals surface area (Å²) in [6.45, 7) is 1.55. The van der Waals surface area contributed by atoms with Crippen LogP contribution in [0.4, 0.5) is 5.69 Å². The molecule has 92 valence electrons. The van der Waals surface area contributed by atoms with E-state index in [2.05, 4.69) is 5.32 Å². The highest BCUT2D eigenvalue weighted by molar-refractivity contribution is 5.94. The van der Waals surface area contributed by atoms with Crippen molar-refractivity contribution in [3.63, 3.8) is 0 Å². The zero-order valence-corrected chi connectivity index (χ0v) is 10.3. The first-order valence-electron chi connectivity index (χ1n) is 5.59. The van der Waals surface area contributed by atoms with E-state index in [-0.39, 0.29) is 5.78 Å². The van der Waals surface area contributed by atoms with Gasteiger partial charge in [-0.1, -0.05) is 12.1 Å². The van der Waals surface area contributed by atoms with Gasteiger partial charge in [-0.3, -0.25) is 9.59 Å². The van der Waals surface area contributed by atoms with E-state index < -0.39 is 0 Å². The molecule has 2 rings (SSSR count). The number of anilines is 1. The molecule has 4 nitrogen and oxygen atoms in total. The number of aryl methyl sites for hydroxylation is 1. The van der Waals surface area contributed by atoms with Gasteiger partial charge < -0.3 is 9.88 Å². The summed E-state index contributed by atoms with van der Waals surface area (Å²) < 4.78 is 1.81. The molecule has 0 saturated heterocycles. The van der Waals surface area contributed by atoms with Gasteiger partial charge in [0.15, 0.2) is 5.78 Å².